The van der Waals surface area contributed by atoms with Gasteiger partial charge in [0.25, 0.3) is 5.91 Å². The Bertz CT molecular complexity index is 1340. The standard InChI is InChI=1S/C23H28N4O4S2/c1-5-7-14-26(4)33(30,31)19-11-8-17(9-12-19)22(29)25-23-27(6-2)20-13-10-18(24-16(3)28)15-21(20)32-23/h8-13,15H,5-7,14H2,1-4H3,(H,24,28). The van der Waals surface area contributed by atoms with Crippen LogP contribution in [0.4, 0.5) is 5.69 Å². The van der Waals surface area contributed by atoms with Gasteiger partial charge in [0.2, 0.25) is 15.9 Å². The summed E-state index contributed by atoms with van der Waals surface area (Å²) < 4.78 is 29.5. The first-order valence-corrected chi connectivity index (χ1v) is 13.0. The van der Waals surface area contributed by atoms with Crippen molar-refractivity contribution < 1.29 is 18.0 Å². The molecule has 0 spiro atoms. The van der Waals surface area contributed by atoms with Crippen LogP contribution < -0.4 is 10.1 Å². The first kappa shape index (κ1) is 24.8. The minimum Gasteiger partial charge on any atom is -0.326 e. The molecule has 33 heavy (non-hydrogen) atoms. The van der Waals surface area contributed by atoms with Gasteiger partial charge in [0.15, 0.2) is 4.80 Å². The summed E-state index contributed by atoms with van der Waals surface area (Å²) in [5.74, 6) is -0.606. The van der Waals surface area contributed by atoms with Crippen molar-refractivity contribution in [2.45, 2.75) is 45.1 Å². The molecule has 2 aromatic carbocycles. The fourth-order valence-electron chi connectivity index (χ4n) is 3.35. The van der Waals surface area contributed by atoms with E-state index in [9.17, 15) is 18.0 Å². The number of hydrogen-bond donors (Lipinski definition) is 1. The van der Waals surface area contributed by atoms with Crippen LogP contribution in [0.5, 0.6) is 0 Å². The number of anilines is 1. The number of carbonyl (C=O) groups is 2. The Morgan fingerprint density at radius 2 is 1.82 bits per heavy atom. The van der Waals surface area contributed by atoms with Gasteiger partial charge in [0, 0.05) is 38.3 Å². The summed E-state index contributed by atoms with van der Waals surface area (Å²) in [7, 11) is -2.04. The van der Waals surface area contributed by atoms with E-state index >= 15 is 0 Å². The molecule has 3 aromatic rings. The molecule has 0 unspecified atom stereocenters. The SMILES string of the molecule is CCCCN(C)S(=O)(=O)c1ccc(C(=O)N=c2sc3cc(NC(C)=O)ccc3n2CC)cc1. The van der Waals surface area contributed by atoms with Crippen LogP contribution in [0.1, 0.15) is 44.0 Å². The molecule has 0 aliphatic heterocycles. The lowest BCUT2D eigenvalue weighted by molar-refractivity contribution is -0.114. The molecule has 176 valence electrons. The number of rotatable bonds is 8. The lowest BCUT2D eigenvalue weighted by Gasteiger charge is -2.16. The third-order valence-electron chi connectivity index (χ3n) is 5.15. The zero-order valence-electron chi connectivity index (χ0n) is 19.2. The van der Waals surface area contributed by atoms with Crippen LogP contribution in [0.2, 0.25) is 0 Å². The van der Waals surface area contributed by atoms with Crippen molar-refractivity contribution in [2.75, 3.05) is 18.9 Å². The molecular weight excluding hydrogens is 460 g/mol. The molecular formula is C23H28N4O4S2. The van der Waals surface area contributed by atoms with Crippen molar-refractivity contribution in [3.05, 3.63) is 52.8 Å². The quantitative estimate of drug-likeness (QED) is 0.520. The number of aryl methyl sites for hydroxylation is 1. The summed E-state index contributed by atoms with van der Waals surface area (Å²) >= 11 is 1.35. The first-order chi connectivity index (χ1) is 15.7. The van der Waals surface area contributed by atoms with Gasteiger partial charge in [-0.15, -0.1) is 0 Å². The summed E-state index contributed by atoms with van der Waals surface area (Å²) in [6, 6.07) is 11.4. The maximum absolute atomic E-state index is 12.8. The lowest BCUT2D eigenvalue weighted by Crippen LogP contribution is -2.27. The summed E-state index contributed by atoms with van der Waals surface area (Å²) in [6.45, 7) is 6.48. The van der Waals surface area contributed by atoms with Gasteiger partial charge in [-0.3, -0.25) is 9.59 Å². The van der Waals surface area contributed by atoms with Gasteiger partial charge in [-0.2, -0.15) is 4.99 Å². The number of nitrogens with zero attached hydrogens (tertiary/aromatic N) is 3. The second kappa shape index (κ2) is 10.4. The summed E-state index contributed by atoms with van der Waals surface area (Å²) in [4.78, 5) is 29.1. The molecule has 0 aliphatic rings. The zero-order valence-corrected chi connectivity index (χ0v) is 20.8. The smallest absolute Gasteiger partial charge is 0.279 e. The van der Waals surface area contributed by atoms with Crippen LogP contribution in [0, 0.1) is 0 Å². The predicted molar refractivity (Wildman–Crippen MR) is 131 cm³/mol. The first-order valence-electron chi connectivity index (χ1n) is 10.7. The Morgan fingerprint density at radius 3 is 2.42 bits per heavy atom. The van der Waals surface area contributed by atoms with Crippen molar-refractivity contribution in [1.29, 1.82) is 0 Å². The molecule has 0 saturated heterocycles. The zero-order chi connectivity index (χ0) is 24.2. The van der Waals surface area contributed by atoms with Crippen molar-refractivity contribution in [3.8, 4) is 0 Å². The molecule has 1 aromatic heterocycles. The number of unbranched alkanes of at least 4 members (excludes halogenated alkanes) is 1. The molecule has 1 heterocycles. The van der Waals surface area contributed by atoms with Crippen LogP contribution in [-0.4, -0.2) is 42.7 Å². The third kappa shape index (κ3) is 5.58. The minimum absolute atomic E-state index is 0.147. The van der Waals surface area contributed by atoms with E-state index in [1.807, 2.05) is 36.6 Å². The van der Waals surface area contributed by atoms with E-state index in [1.165, 1.54) is 46.8 Å². The number of thiazole rings is 1. The average molecular weight is 489 g/mol. The Kier molecular flexibility index (Phi) is 7.83. The summed E-state index contributed by atoms with van der Waals surface area (Å²) in [5, 5.41) is 2.76. The molecule has 0 fully saturated rings. The van der Waals surface area contributed by atoms with Crippen molar-refractivity contribution in [1.82, 2.24) is 8.87 Å². The molecule has 2 amide bonds. The highest BCUT2D eigenvalue weighted by Gasteiger charge is 2.20. The maximum atomic E-state index is 12.8. The highest BCUT2D eigenvalue weighted by molar-refractivity contribution is 7.89. The van der Waals surface area contributed by atoms with E-state index in [2.05, 4.69) is 10.3 Å². The van der Waals surface area contributed by atoms with Crippen molar-refractivity contribution in [3.63, 3.8) is 0 Å². The van der Waals surface area contributed by atoms with E-state index in [1.54, 1.807) is 7.05 Å². The molecule has 0 aliphatic carbocycles. The van der Waals surface area contributed by atoms with Crippen LogP contribution in [-0.2, 0) is 21.4 Å². The van der Waals surface area contributed by atoms with Gasteiger partial charge in [-0.05, 0) is 55.8 Å². The fourth-order valence-corrected chi connectivity index (χ4v) is 5.69. The predicted octanol–water partition coefficient (Wildman–Crippen LogP) is 3.84. The van der Waals surface area contributed by atoms with E-state index in [-0.39, 0.29) is 10.8 Å². The summed E-state index contributed by atoms with van der Waals surface area (Å²) in [6.07, 6.45) is 1.68. The van der Waals surface area contributed by atoms with E-state index in [0.29, 0.717) is 29.1 Å². The van der Waals surface area contributed by atoms with Crippen LogP contribution in [0.15, 0.2) is 52.4 Å². The van der Waals surface area contributed by atoms with E-state index in [4.69, 9.17) is 0 Å². The van der Waals surface area contributed by atoms with Crippen molar-refractivity contribution >= 4 is 49.1 Å². The van der Waals surface area contributed by atoms with Crippen LogP contribution >= 0.6 is 11.3 Å². The molecule has 0 atom stereocenters. The monoisotopic (exact) mass is 488 g/mol. The van der Waals surface area contributed by atoms with Gasteiger partial charge in [0.05, 0.1) is 15.1 Å². The number of aromatic nitrogens is 1. The van der Waals surface area contributed by atoms with Crippen LogP contribution in [0.25, 0.3) is 10.2 Å². The third-order valence-corrected chi connectivity index (χ3v) is 8.06. The Hall–Kier alpha value is -2.82. The number of benzene rings is 2. The largest absolute Gasteiger partial charge is 0.326 e. The van der Waals surface area contributed by atoms with Gasteiger partial charge in [-0.25, -0.2) is 12.7 Å². The molecule has 0 bridgehead atoms. The molecule has 8 nitrogen and oxygen atoms in total. The number of sulfonamides is 1. The second-order valence-electron chi connectivity index (χ2n) is 7.61. The average Bonchev–Trinajstić information content (AvgIpc) is 3.12. The Balaban J connectivity index is 1.91. The van der Waals surface area contributed by atoms with E-state index < -0.39 is 15.9 Å². The fraction of sp³-hybridized carbons (Fsp3) is 0.348. The molecule has 1 N–H and O–H groups in total. The molecule has 3 rings (SSSR count). The number of carbonyl (C=O) groups excluding carboxylic acids is 2. The van der Waals surface area contributed by atoms with Gasteiger partial charge < -0.3 is 9.88 Å². The summed E-state index contributed by atoms with van der Waals surface area (Å²) in [5.41, 5.74) is 1.90. The Morgan fingerprint density at radius 1 is 1.12 bits per heavy atom. The van der Waals surface area contributed by atoms with Gasteiger partial charge >= 0.3 is 0 Å². The highest BCUT2D eigenvalue weighted by Crippen LogP contribution is 2.22. The second-order valence-corrected chi connectivity index (χ2v) is 10.7. The lowest BCUT2D eigenvalue weighted by atomic mass is 10.2. The number of fused-ring (bicyclic) bond motifs is 1. The van der Waals surface area contributed by atoms with Gasteiger partial charge in [0.1, 0.15) is 0 Å². The van der Waals surface area contributed by atoms with Crippen LogP contribution in [0.3, 0.4) is 0 Å². The minimum atomic E-state index is -3.59. The molecule has 0 radical (unpaired) electrons. The number of nitrogens with one attached hydrogen (secondary N) is 1. The van der Waals surface area contributed by atoms with Gasteiger partial charge in [-0.1, -0.05) is 24.7 Å². The maximum Gasteiger partial charge on any atom is 0.279 e. The van der Waals surface area contributed by atoms with E-state index in [0.717, 1.165) is 23.1 Å². The van der Waals surface area contributed by atoms with Crippen molar-refractivity contribution in [2.24, 2.45) is 4.99 Å². The normalized spacial score (nSPS) is 12.5. The number of hydrogen-bond acceptors (Lipinski definition) is 5. The molecule has 0 saturated carbocycles. The highest BCUT2D eigenvalue weighted by atomic mass is 32.2. The topological polar surface area (TPSA) is 101 Å². The number of amides is 2. The Labute approximate surface area is 197 Å². The molecule has 10 heteroatoms.